The fourth-order valence-corrected chi connectivity index (χ4v) is 3.63. The summed E-state index contributed by atoms with van der Waals surface area (Å²) >= 11 is 0. The van der Waals surface area contributed by atoms with E-state index in [9.17, 15) is 14.9 Å². The number of hydrogen-bond acceptors (Lipinski definition) is 6. The molecule has 3 heterocycles. The van der Waals surface area contributed by atoms with Crippen LogP contribution in [-0.4, -0.2) is 40.0 Å². The van der Waals surface area contributed by atoms with Crippen LogP contribution in [-0.2, 0) is 17.9 Å². The highest BCUT2D eigenvalue weighted by atomic mass is 16.6. The number of allylic oxidation sites excluding steroid dienone is 2. The predicted octanol–water partition coefficient (Wildman–Crippen LogP) is 3.74. The second kappa shape index (κ2) is 9.13. The third kappa shape index (κ3) is 4.16. The topological polar surface area (TPSA) is 114 Å². The lowest BCUT2D eigenvalue weighted by Crippen LogP contribution is -2.10. The first kappa shape index (κ1) is 22.9. The van der Waals surface area contributed by atoms with E-state index >= 15 is 0 Å². The zero-order valence-corrected chi connectivity index (χ0v) is 19.2. The summed E-state index contributed by atoms with van der Waals surface area (Å²) in [5.41, 5.74) is 4.04. The molecule has 0 N–H and O–H groups in total. The van der Waals surface area contributed by atoms with Gasteiger partial charge in [0.1, 0.15) is 17.1 Å². The first-order valence-corrected chi connectivity index (χ1v) is 10.4. The number of nitro groups is 1. The molecule has 0 aliphatic carbocycles. The van der Waals surface area contributed by atoms with Crippen LogP contribution in [0.3, 0.4) is 0 Å². The van der Waals surface area contributed by atoms with Crippen molar-refractivity contribution >= 4 is 29.3 Å². The van der Waals surface area contributed by atoms with Crippen LogP contribution in [0.4, 0.5) is 5.69 Å². The largest absolute Gasteiger partial charge is 0.313 e. The standard InChI is InChI=1S/C22H27N7O3/c1-7-26-15(4)18(12-23-26)9-10-21(30)20(11-19-13-24-27(8-2)16(19)5)28-17(6)22(29(31)32)14(3)25-28/h9-13H,7-8H2,1-6H3. The number of hydrogen-bond donors (Lipinski definition) is 0. The highest BCUT2D eigenvalue weighted by Crippen LogP contribution is 2.26. The molecule has 3 aromatic rings. The summed E-state index contributed by atoms with van der Waals surface area (Å²) in [5, 5.41) is 24.4. The maximum absolute atomic E-state index is 13.3. The van der Waals surface area contributed by atoms with Gasteiger partial charge in [-0.2, -0.15) is 15.3 Å². The van der Waals surface area contributed by atoms with Gasteiger partial charge < -0.3 is 0 Å². The van der Waals surface area contributed by atoms with Gasteiger partial charge in [0, 0.05) is 35.6 Å². The van der Waals surface area contributed by atoms with Crippen LogP contribution < -0.4 is 0 Å². The third-order valence-electron chi connectivity index (χ3n) is 5.50. The molecule has 0 spiro atoms. The van der Waals surface area contributed by atoms with E-state index in [0.717, 1.165) is 29.1 Å². The molecule has 0 saturated heterocycles. The summed E-state index contributed by atoms with van der Waals surface area (Å²) in [6.45, 7) is 12.4. The van der Waals surface area contributed by atoms with Crippen molar-refractivity contribution in [3.63, 3.8) is 0 Å². The molecule has 0 aliphatic rings. The van der Waals surface area contributed by atoms with Crippen molar-refractivity contribution < 1.29 is 9.72 Å². The quantitative estimate of drug-likeness (QED) is 0.301. The van der Waals surface area contributed by atoms with Crippen molar-refractivity contribution in [1.29, 1.82) is 0 Å². The van der Waals surface area contributed by atoms with Crippen LogP contribution in [0, 0.1) is 37.8 Å². The fraction of sp³-hybridized carbons (Fsp3) is 0.364. The van der Waals surface area contributed by atoms with Crippen molar-refractivity contribution in [2.45, 2.75) is 54.6 Å². The van der Waals surface area contributed by atoms with Crippen molar-refractivity contribution in [2.75, 3.05) is 0 Å². The van der Waals surface area contributed by atoms with Crippen molar-refractivity contribution in [2.24, 2.45) is 0 Å². The minimum Gasteiger partial charge on any atom is -0.288 e. The van der Waals surface area contributed by atoms with E-state index < -0.39 is 4.92 Å². The van der Waals surface area contributed by atoms with Crippen LogP contribution in [0.1, 0.15) is 47.8 Å². The lowest BCUT2D eigenvalue weighted by Gasteiger charge is -2.07. The van der Waals surface area contributed by atoms with E-state index in [4.69, 9.17) is 0 Å². The number of aryl methyl sites for hydroxylation is 3. The molecule has 10 nitrogen and oxygen atoms in total. The van der Waals surface area contributed by atoms with Gasteiger partial charge in [0.2, 0.25) is 5.78 Å². The van der Waals surface area contributed by atoms with Gasteiger partial charge in [-0.3, -0.25) is 24.3 Å². The Labute approximate surface area is 186 Å². The highest BCUT2D eigenvalue weighted by molar-refractivity contribution is 6.26. The van der Waals surface area contributed by atoms with E-state index in [2.05, 4.69) is 15.3 Å². The molecule has 0 unspecified atom stereocenters. The molecule has 0 radical (unpaired) electrons. The molecule has 168 valence electrons. The number of nitrogens with zero attached hydrogens (tertiary/aromatic N) is 7. The normalized spacial score (nSPS) is 12.1. The predicted molar refractivity (Wildman–Crippen MR) is 122 cm³/mol. The molecule has 0 aromatic carbocycles. The number of aromatic nitrogens is 6. The maximum atomic E-state index is 13.3. The Bertz CT molecular complexity index is 1240. The Hall–Kier alpha value is -3.82. The zero-order chi connectivity index (χ0) is 23.6. The first-order chi connectivity index (χ1) is 15.2. The van der Waals surface area contributed by atoms with Crippen molar-refractivity contribution in [3.05, 3.63) is 62.5 Å². The molecule has 0 aliphatic heterocycles. The van der Waals surface area contributed by atoms with Gasteiger partial charge in [-0.25, -0.2) is 4.68 Å². The molecular weight excluding hydrogens is 410 g/mol. The summed E-state index contributed by atoms with van der Waals surface area (Å²) in [5.74, 6) is -0.335. The Balaban J connectivity index is 2.11. The Kier molecular flexibility index (Phi) is 6.52. The molecule has 0 fully saturated rings. The number of carbonyl (C=O) groups excluding carboxylic acids is 1. The van der Waals surface area contributed by atoms with E-state index in [1.54, 1.807) is 38.4 Å². The van der Waals surface area contributed by atoms with Gasteiger partial charge in [-0.15, -0.1) is 0 Å². The van der Waals surface area contributed by atoms with Gasteiger partial charge >= 0.3 is 5.69 Å². The third-order valence-corrected chi connectivity index (χ3v) is 5.50. The van der Waals surface area contributed by atoms with Crippen molar-refractivity contribution in [3.8, 4) is 0 Å². The van der Waals surface area contributed by atoms with Crippen LogP contribution in [0.2, 0.25) is 0 Å². The van der Waals surface area contributed by atoms with Crippen LogP contribution in [0.15, 0.2) is 18.5 Å². The minimum absolute atomic E-state index is 0.103. The summed E-state index contributed by atoms with van der Waals surface area (Å²) in [4.78, 5) is 24.3. The molecule has 0 saturated carbocycles. The first-order valence-electron chi connectivity index (χ1n) is 10.4. The molecule has 3 rings (SSSR count). The van der Waals surface area contributed by atoms with Gasteiger partial charge in [0.15, 0.2) is 0 Å². The van der Waals surface area contributed by atoms with Crippen LogP contribution in [0.5, 0.6) is 0 Å². The van der Waals surface area contributed by atoms with Gasteiger partial charge in [-0.1, -0.05) is 0 Å². The average molecular weight is 438 g/mol. The molecule has 0 bridgehead atoms. The second-order valence-electron chi connectivity index (χ2n) is 7.42. The van der Waals surface area contributed by atoms with Crippen molar-refractivity contribution in [1.82, 2.24) is 29.3 Å². The number of carbonyl (C=O) groups is 1. The Morgan fingerprint density at radius 2 is 1.56 bits per heavy atom. The van der Waals surface area contributed by atoms with Crippen LogP contribution in [0.25, 0.3) is 17.8 Å². The average Bonchev–Trinajstić information content (AvgIpc) is 3.38. The second-order valence-corrected chi connectivity index (χ2v) is 7.42. The summed E-state index contributed by atoms with van der Waals surface area (Å²) in [6, 6.07) is 0. The lowest BCUT2D eigenvalue weighted by molar-refractivity contribution is -0.386. The molecule has 32 heavy (non-hydrogen) atoms. The molecule has 0 atom stereocenters. The maximum Gasteiger partial charge on any atom is 0.313 e. The van der Waals surface area contributed by atoms with Gasteiger partial charge in [-0.05, 0) is 59.8 Å². The Morgan fingerprint density at radius 3 is 2.06 bits per heavy atom. The smallest absolute Gasteiger partial charge is 0.288 e. The van der Waals surface area contributed by atoms with E-state index in [0.29, 0.717) is 6.54 Å². The fourth-order valence-electron chi connectivity index (χ4n) is 3.63. The van der Waals surface area contributed by atoms with E-state index in [1.165, 1.54) is 10.8 Å². The monoisotopic (exact) mass is 437 g/mol. The van der Waals surface area contributed by atoms with Gasteiger partial charge in [0.25, 0.3) is 0 Å². The molecule has 0 amide bonds. The summed E-state index contributed by atoms with van der Waals surface area (Å²) in [6.07, 6.45) is 8.19. The highest BCUT2D eigenvalue weighted by Gasteiger charge is 2.25. The van der Waals surface area contributed by atoms with Gasteiger partial charge in [0.05, 0.1) is 17.3 Å². The summed E-state index contributed by atoms with van der Waals surface area (Å²) in [7, 11) is 0. The van der Waals surface area contributed by atoms with Crippen LogP contribution >= 0.6 is 0 Å². The SMILES string of the molecule is CCn1ncc(C=CC(=O)C(=Cc2cnn(CC)c2C)n2nc(C)c([N+](=O)[O-])c2C)c1C. The zero-order valence-electron chi connectivity index (χ0n) is 19.2. The van der Waals surface area contributed by atoms with E-state index in [-0.39, 0.29) is 28.6 Å². The minimum atomic E-state index is -0.477. The lowest BCUT2D eigenvalue weighted by atomic mass is 10.1. The molecule has 10 heteroatoms. The number of rotatable bonds is 8. The van der Waals surface area contributed by atoms with E-state index in [1.807, 2.05) is 37.1 Å². The summed E-state index contributed by atoms with van der Waals surface area (Å²) < 4.78 is 4.99. The number of ketones is 1. The Morgan fingerprint density at radius 1 is 1.00 bits per heavy atom. The molecule has 3 aromatic heterocycles. The molecular formula is C22H27N7O3.